The minimum absolute atomic E-state index is 0.00416. The summed E-state index contributed by atoms with van der Waals surface area (Å²) in [5.74, 6) is 0.421. The average Bonchev–Trinajstić information content (AvgIpc) is 2.18. The molecule has 2 N–H and O–H groups in total. The van der Waals surface area contributed by atoms with Crippen molar-refractivity contribution < 1.29 is 19.1 Å². The van der Waals surface area contributed by atoms with Crippen LogP contribution in [-0.4, -0.2) is 36.5 Å². The van der Waals surface area contributed by atoms with Crippen LogP contribution in [0, 0.1) is 5.92 Å². The first-order chi connectivity index (χ1) is 9.15. The molecule has 0 spiro atoms. The molecule has 116 valence electrons. The minimum atomic E-state index is -0.519. The molecule has 0 aromatic rings. The number of carbonyl (C=O) groups is 2. The number of hydrogen-bond donors (Lipinski definition) is 2. The number of alkyl carbamates (subject to hydrolysis) is 1. The first-order valence-electron chi connectivity index (χ1n) is 7.06. The van der Waals surface area contributed by atoms with Crippen molar-refractivity contribution in [3.8, 4) is 0 Å². The van der Waals surface area contributed by atoms with E-state index in [1.807, 2.05) is 20.8 Å². The smallest absolute Gasteiger partial charge is 0.407 e. The van der Waals surface area contributed by atoms with Crippen LogP contribution in [-0.2, 0) is 14.3 Å². The highest BCUT2D eigenvalue weighted by atomic mass is 16.6. The number of amides is 2. The molecule has 0 aromatic carbocycles. The second-order valence-corrected chi connectivity index (χ2v) is 6.57. The van der Waals surface area contributed by atoms with Crippen molar-refractivity contribution in [3.05, 3.63) is 0 Å². The Morgan fingerprint density at radius 3 is 2.50 bits per heavy atom. The van der Waals surface area contributed by atoms with Crippen molar-refractivity contribution in [2.45, 2.75) is 65.3 Å². The maximum Gasteiger partial charge on any atom is 0.407 e. The van der Waals surface area contributed by atoms with Crippen LogP contribution in [0.3, 0.4) is 0 Å². The van der Waals surface area contributed by atoms with Crippen LogP contribution in [0.1, 0.15) is 47.5 Å². The van der Waals surface area contributed by atoms with Gasteiger partial charge in [-0.15, -0.1) is 0 Å². The lowest BCUT2D eigenvalue weighted by Crippen LogP contribution is -2.52. The van der Waals surface area contributed by atoms with Crippen LogP contribution in [0.4, 0.5) is 4.79 Å². The Kier molecular flexibility index (Phi) is 5.80. The van der Waals surface area contributed by atoms with Crippen LogP contribution in [0.5, 0.6) is 0 Å². The van der Waals surface area contributed by atoms with Crippen LogP contribution >= 0.6 is 0 Å². The van der Waals surface area contributed by atoms with Crippen molar-refractivity contribution in [3.63, 3.8) is 0 Å². The lowest BCUT2D eigenvalue weighted by atomic mass is 10.0. The van der Waals surface area contributed by atoms with Crippen molar-refractivity contribution in [1.82, 2.24) is 10.6 Å². The van der Waals surface area contributed by atoms with Gasteiger partial charge < -0.3 is 20.1 Å². The van der Waals surface area contributed by atoms with Gasteiger partial charge in [-0.05, 0) is 33.1 Å². The van der Waals surface area contributed by atoms with Gasteiger partial charge in [-0.1, -0.05) is 13.8 Å². The molecule has 0 radical (unpaired) electrons. The molecule has 6 nitrogen and oxygen atoms in total. The van der Waals surface area contributed by atoms with E-state index in [0.717, 1.165) is 6.42 Å². The summed E-state index contributed by atoms with van der Waals surface area (Å²) in [6.07, 6.45) is 0.516. The van der Waals surface area contributed by atoms with E-state index in [1.165, 1.54) is 0 Å². The third kappa shape index (κ3) is 6.75. The number of ether oxygens (including phenoxy) is 2. The number of hydrogen-bond acceptors (Lipinski definition) is 4. The molecule has 0 bridgehead atoms. The van der Waals surface area contributed by atoms with Gasteiger partial charge in [0.05, 0.1) is 19.1 Å². The SMILES string of the molecule is CC(C)C[C@@H](COC1CC(=O)N1)NC(=O)OC(C)(C)C. The predicted octanol–water partition coefficient (Wildman–Crippen LogP) is 1.79. The summed E-state index contributed by atoms with van der Waals surface area (Å²) in [4.78, 5) is 22.6. The molecule has 0 saturated carbocycles. The first-order valence-corrected chi connectivity index (χ1v) is 7.06. The largest absolute Gasteiger partial charge is 0.444 e. The Bertz CT molecular complexity index is 342. The maximum atomic E-state index is 11.8. The molecule has 0 aromatic heterocycles. The molecule has 6 heteroatoms. The highest BCUT2D eigenvalue weighted by Crippen LogP contribution is 2.12. The Morgan fingerprint density at radius 2 is 2.05 bits per heavy atom. The molecule has 1 aliphatic heterocycles. The number of β-lactam (4-membered cyclic amide) rings is 1. The Hall–Kier alpha value is -1.30. The molecule has 1 saturated heterocycles. The Labute approximate surface area is 120 Å². The van der Waals surface area contributed by atoms with Crippen LogP contribution in [0.25, 0.3) is 0 Å². The molecule has 2 amide bonds. The number of nitrogens with one attached hydrogen (secondary N) is 2. The van der Waals surface area contributed by atoms with Gasteiger partial charge in [0, 0.05) is 0 Å². The summed E-state index contributed by atoms with van der Waals surface area (Å²) in [6.45, 7) is 9.99. The second-order valence-electron chi connectivity index (χ2n) is 6.57. The van der Waals surface area contributed by atoms with Crippen LogP contribution in [0.2, 0.25) is 0 Å². The van der Waals surface area contributed by atoms with E-state index in [1.54, 1.807) is 0 Å². The van der Waals surface area contributed by atoms with Crippen molar-refractivity contribution in [2.24, 2.45) is 5.92 Å². The molecule has 1 rings (SSSR count). The monoisotopic (exact) mass is 286 g/mol. The van der Waals surface area contributed by atoms with Crippen LogP contribution < -0.4 is 10.6 Å². The molecular weight excluding hydrogens is 260 g/mol. The fourth-order valence-corrected chi connectivity index (χ4v) is 1.87. The summed E-state index contributed by atoms with van der Waals surface area (Å²) >= 11 is 0. The standard InChI is InChI=1S/C14H26N2O4/c1-9(2)6-10(8-19-12-7-11(17)16-12)15-13(18)20-14(3,4)5/h9-10,12H,6-8H2,1-5H3,(H,15,18)(H,16,17)/t10-,12?/m0/s1. The van der Waals surface area contributed by atoms with Gasteiger partial charge >= 0.3 is 6.09 Å². The highest BCUT2D eigenvalue weighted by Gasteiger charge is 2.27. The Morgan fingerprint density at radius 1 is 1.45 bits per heavy atom. The fraction of sp³-hybridized carbons (Fsp3) is 0.857. The zero-order valence-electron chi connectivity index (χ0n) is 13.0. The first kappa shape index (κ1) is 16.8. The molecular formula is C14H26N2O4. The summed E-state index contributed by atoms with van der Waals surface area (Å²) in [6, 6.07) is -0.123. The lowest BCUT2D eigenvalue weighted by molar-refractivity contribution is -0.141. The Balaban J connectivity index is 2.38. The lowest BCUT2D eigenvalue weighted by Gasteiger charge is -2.30. The molecule has 20 heavy (non-hydrogen) atoms. The van der Waals surface area contributed by atoms with Crippen molar-refractivity contribution in [1.29, 1.82) is 0 Å². The molecule has 1 unspecified atom stereocenters. The minimum Gasteiger partial charge on any atom is -0.444 e. The molecule has 0 aliphatic carbocycles. The number of carbonyl (C=O) groups excluding carboxylic acids is 2. The predicted molar refractivity (Wildman–Crippen MR) is 75.1 cm³/mol. The van der Waals surface area contributed by atoms with E-state index in [9.17, 15) is 9.59 Å². The van der Waals surface area contributed by atoms with Crippen LogP contribution in [0.15, 0.2) is 0 Å². The van der Waals surface area contributed by atoms with E-state index in [0.29, 0.717) is 18.9 Å². The third-order valence-electron chi connectivity index (χ3n) is 2.67. The molecule has 1 fully saturated rings. The highest BCUT2D eigenvalue weighted by molar-refractivity contribution is 5.82. The molecule has 1 aliphatic rings. The zero-order valence-corrected chi connectivity index (χ0v) is 13.0. The summed E-state index contributed by atoms with van der Waals surface area (Å²) in [5.41, 5.74) is -0.519. The third-order valence-corrected chi connectivity index (χ3v) is 2.67. The van der Waals surface area contributed by atoms with Gasteiger partial charge in [0.25, 0.3) is 0 Å². The second kappa shape index (κ2) is 6.92. The molecule has 1 heterocycles. The van der Waals surface area contributed by atoms with E-state index < -0.39 is 11.7 Å². The topological polar surface area (TPSA) is 76.7 Å². The van der Waals surface area contributed by atoms with E-state index in [2.05, 4.69) is 24.5 Å². The van der Waals surface area contributed by atoms with Gasteiger partial charge in [-0.2, -0.15) is 0 Å². The van der Waals surface area contributed by atoms with Crippen molar-refractivity contribution >= 4 is 12.0 Å². The summed E-state index contributed by atoms with van der Waals surface area (Å²) in [7, 11) is 0. The van der Waals surface area contributed by atoms with E-state index >= 15 is 0 Å². The quantitative estimate of drug-likeness (QED) is 0.730. The van der Waals surface area contributed by atoms with Gasteiger partial charge in [-0.3, -0.25) is 4.79 Å². The number of rotatable bonds is 6. The average molecular weight is 286 g/mol. The zero-order chi connectivity index (χ0) is 15.3. The van der Waals surface area contributed by atoms with Gasteiger partial charge in [0.1, 0.15) is 11.8 Å². The van der Waals surface area contributed by atoms with E-state index in [4.69, 9.17) is 9.47 Å². The summed E-state index contributed by atoms with van der Waals surface area (Å²) in [5, 5.41) is 5.46. The fourth-order valence-electron chi connectivity index (χ4n) is 1.87. The van der Waals surface area contributed by atoms with E-state index in [-0.39, 0.29) is 18.2 Å². The van der Waals surface area contributed by atoms with Crippen molar-refractivity contribution in [2.75, 3.05) is 6.61 Å². The van der Waals surface area contributed by atoms with Gasteiger partial charge in [-0.25, -0.2) is 4.79 Å². The molecule has 2 atom stereocenters. The van der Waals surface area contributed by atoms with Gasteiger partial charge in [0.15, 0.2) is 0 Å². The normalized spacial score (nSPS) is 20.1. The maximum absolute atomic E-state index is 11.8. The summed E-state index contributed by atoms with van der Waals surface area (Å²) < 4.78 is 10.8. The van der Waals surface area contributed by atoms with Gasteiger partial charge in [0.2, 0.25) is 5.91 Å².